The van der Waals surface area contributed by atoms with Crippen LogP contribution in [0.2, 0.25) is 0 Å². The number of anilines is 6. The predicted molar refractivity (Wildman–Crippen MR) is 293 cm³/mol. The Morgan fingerprint density at radius 2 is 0.662 bits per heavy atom. The molecule has 6 heteroatoms. The molecule has 10 aromatic carbocycles. The lowest BCUT2D eigenvalue weighted by molar-refractivity contribution is 0.652. The molecule has 1 aliphatic carbocycles. The fourth-order valence-corrected chi connectivity index (χ4v) is 10.7. The molecule has 6 nitrogen and oxygen atoms in total. The first-order valence-electron chi connectivity index (χ1n) is 24.1. The van der Waals surface area contributed by atoms with Gasteiger partial charge in [0, 0.05) is 62.6 Å². The Balaban J connectivity index is 1.11. The summed E-state index contributed by atoms with van der Waals surface area (Å²) < 4.78 is 0. The highest BCUT2D eigenvalue weighted by atomic mass is 15.2. The van der Waals surface area contributed by atoms with E-state index in [2.05, 4.69) is 230 Å². The maximum atomic E-state index is 5.58. The van der Waals surface area contributed by atoms with Crippen molar-refractivity contribution < 1.29 is 0 Å². The molecule has 0 fully saturated rings. The third kappa shape index (κ3) is 7.19. The monoisotopic (exact) mass is 910 g/mol. The number of hydrogen-bond donors (Lipinski definition) is 0. The fourth-order valence-electron chi connectivity index (χ4n) is 10.7. The summed E-state index contributed by atoms with van der Waals surface area (Å²) in [4.78, 5) is 26.6. The van der Waals surface area contributed by atoms with Crippen LogP contribution in [0.1, 0.15) is 25.0 Å². The molecule has 2 aromatic heterocycles. The fraction of sp³-hybridized carbons (Fsp3) is 0.0462. The number of aromatic nitrogens is 4. The molecule has 336 valence electrons. The molecule has 71 heavy (non-hydrogen) atoms. The summed E-state index contributed by atoms with van der Waals surface area (Å²) in [7, 11) is 0. The third-order valence-electron chi connectivity index (χ3n) is 14.0. The summed E-state index contributed by atoms with van der Waals surface area (Å²) in [6.07, 6.45) is 0. The minimum Gasteiger partial charge on any atom is -0.295 e. The molecule has 0 saturated carbocycles. The first-order valence-corrected chi connectivity index (χ1v) is 24.1. The Labute approximate surface area is 412 Å². The van der Waals surface area contributed by atoms with E-state index in [1.165, 1.54) is 27.3 Å². The second-order valence-electron chi connectivity index (χ2n) is 18.6. The smallest absolute Gasteiger partial charge is 0.162 e. The van der Waals surface area contributed by atoms with E-state index < -0.39 is 0 Å². The van der Waals surface area contributed by atoms with Gasteiger partial charge in [-0.25, -0.2) is 19.9 Å². The van der Waals surface area contributed by atoms with Crippen molar-refractivity contribution in [2.24, 2.45) is 0 Å². The van der Waals surface area contributed by atoms with Crippen molar-refractivity contribution in [3.05, 3.63) is 254 Å². The standard InChI is InChI=1S/C65H46N6/c1-65(2)54-37-21-35-50-52(63-66-56(43-23-9-3-10-24-43)41-58(68-63)70(46-27-13-5-14-28-46)47-29-15-6-16-30-47)39-45-40-53(51-36-22-38-55(65)62(51)60(45)61(50)54)64-67-57(44-25-11-4-12-26-44)42-59(69-64)71(48-31-17-7-18-32-48)49-33-19-8-20-34-49/h3-42H,1-2H3. The molecule has 0 amide bonds. The van der Waals surface area contributed by atoms with E-state index in [1.807, 2.05) is 36.4 Å². The summed E-state index contributed by atoms with van der Waals surface area (Å²) in [5.41, 5.74) is 11.8. The zero-order chi connectivity index (χ0) is 47.5. The molecule has 0 aliphatic heterocycles. The van der Waals surface area contributed by atoms with E-state index in [4.69, 9.17) is 19.9 Å². The van der Waals surface area contributed by atoms with Crippen molar-refractivity contribution in [2.45, 2.75) is 19.3 Å². The molecule has 2 heterocycles. The van der Waals surface area contributed by atoms with Crippen LogP contribution in [0.3, 0.4) is 0 Å². The van der Waals surface area contributed by atoms with Crippen LogP contribution in [-0.4, -0.2) is 19.9 Å². The minimum atomic E-state index is -0.346. The third-order valence-corrected chi connectivity index (χ3v) is 14.0. The lowest BCUT2D eigenvalue weighted by Gasteiger charge is -2.34. The van der Waals surface area contributed by atoms with Gasteiger partial charge in [-0.1, -0.05) is 184 Å². The van der Waals surface area contributed by atoms with Crippen molar-refractivity contribution in [3.63, 3.8) is 0 Å². The van der Waals surface area contributed by atoms with Crippen molar-refractivity contribution in [1.29, 1.82) is 0 Å². The number of hydrogen-bond acceptors (Lipinski definition) is 6. The number of benzene rings is 10. The van der Waals surface area contributed by atoms with E-state index in [0.29, 0.717) is 11.6 Å². The Morgan fingerprint density at radius 1 is 0.324 bits per heavy atom. The number of rotatable bonds is 10. The van der Waals surface area contributed by atoms with Gasteiger partial charge in [-0.3, -0.25) is 9.80 Å². The Hall–Kier alpha value is -9.26. The largest absolute Gasteiger partial charge is 0.295 e. The second-order valence-corrected chi connectivity index (χ2v) is 18.6. The van der Waals surface area contributed by atoms with Crippen LogP contribution in [0.15, 0.2) is 243 Å². The zero-order valence-corrected chi connectivity index (χ0v) is 39.3. The van der Waals surface area contributed by atoms with Gasteiger partial charge in [-0.05, 0) is 104 Å². The topological polar surface area (TPSA) is 58.0 Å². The van der Waals surface area contributed by atoms with E-state index in [1.54, 1.807) is 0 Å². The molecule has 0 saturated heterocycles. The van der Waals surface area contributed by atoms with Gasteiger partial charge >= 0.3 is 0 Å². The van der Waals surface area contributed by atoms with Gasteiger partial charge in [-0.15, -0.1) is 0 Å². The summed E-state index contributed by atoms with van der Waals surface area (Å²) in [6, 6.07) is 85.0. The molecule has 0 spiro atoms. The normalized spacial score (nSPS) is 12.5. The van der Waals surface area contributed by atoms with E-state index in [0.717, 1.165) is 84.2 Å². The predicted octanol–water partition coefficient (Wildman–Crippen LogP) is 17.0. The zero-order valence-electron chi connectivity index (χ0n) is 39.3. The van der Waals surface area contributed by atoms with Crippen LogP contribution in [-0.2, 0) is 5.41 Å². The lowest BCUT2D eigenvalue weighted by atomic mass is 9.68. The maximum Gasteiger partial charge on any atom is 0.162 e. The van der Waals surface area contributed by atoms with E-state index in [9.17, 15) is 0 Å². The molecule has 1 aliphatic rings. The minimum absolute atomic E-state index is 0.346. The maximum absolute atomic E-state index is 5.58. The van der Waals surface area contributed by atoms with Gasteiger partial charge in [0.05, 0.1) is 11.4 Å². The summed E-state index contributed by atoms with van der Waals surface area (Å²) in [6.45, 7) is 4.71. The van der Waals surface area contributed by atoms with Crippen molar-refractivity contribution in [3.8, 4) is 45.3 Å². The van der Waals surface area contributed by atoms with Crippen LogP contribution < -0.4 is 9.80 Å². The van der Waals surface area contributed by atoms with Crippen LogP contribution in [0.4, 0.5) is 34.4 Å². The average Bonchev–Trinajstić information content (AvgIpc) is 3.44. The molecule has 12 aromatic rings. The molecule has 0 N–H and O–H groups in total. The van der Waals surface area contributed by atoms with E-state index >= 15 is 0 Å². The summed E-state index contributed by atoms with van der Waals surface area (Å²) in [5, 5.41) is 6.95. The summed E-state index contributed by atoms with van der Waals surface area (Å²) in [5.74, 6) is 2.82. The van der Waals surface area contributed by atoms with Gasteiger partial charge in [0.25, 0.3) is 0 Å². The molecular formula is C65H46N6. The highest BCUT2D eigenvalue weighted by Gasteiger charge is 2.34. The number of nitrogens with zero attached hydrogens (tertiary/aromatic N) is 6. The first kappa shape index (κ1) is 41.9. The van der Waals surface area contributed by atoms with Gasteiger partial charge in [0.2, 0.25) is 0 Å². The van der Waals surface area contributed by atoms with Gasteiger partial charge in [0.15, 0.2) is 11.6 Å². The van der Waals surface area contributed by atoms with Crippen molar-refractivity contribution >= 4 is 66.7 Å². The highest BCUT2D eigenvalue weighted by Crippen LogP contribution is 2.52. The molecule has 0 radical (unpaired) electrons. The average molecular weight is 911 g/mol. The van der Waals surface area contributed by atoms with Crippen LogP contribution in [0, 0.1) is 0 Å². The molecule has 13 rings (SSSR count). The Morgan fingerprint density at radius 3 is 1.01 bits per heavy atom. The van der Waals surface area contributed by atoms with E-state index in [-0.39, 0.29) is 5.41 Å². The van der Waals surface area contributed by atoms with Crippen LogP contribution in [0.25, 0.3) is 77.6 Å². The Bertz CT molecular complexity index is 3610. The Kier molecular flexibility index (Phi) is 10.1. The quantitative estimate of drug-likeness (QED) is 0.127. The molecule has 0 bridgehead atoms. The molecule has 0 atom stereocenters. The first-order chi connectivity index (χ1) is 35.0. The number of para-hydroxylation sites is 4. The lowest BCUT2D eigenvalue weighted by Crippen LogP contribution is -2.22. The summed E-state index contributed by atoms with van der Waals surface area (Å²) >= 11 is 0. The van der Waals surface area contributed by atoms with Crippen molar-refractivity contribution in [1.82, 2.24) is 19.9 Å². The highest BCUT2D eigenvalue weighted by molar-refractivity contribution is 6.29. The van der Waals surface area contributed by atoms with Crippen LogP contribution in [0.5, 0.6) is 0 Å². The van der Waals surface area contributed by atoms with Gasteiger partial charge in [0.1, 0.15) is 11.6 Å². The SMILES string of the molecule is CC1(C)c2cccc3c(-c4nc(-c5ccccc5)cc(N(c5ccccc5)c5ccccc5)n4)cc4cc(-c5nc(-c6ccccc6)cc(N(c6ccccc6)c6ccccc6)n5)c5cccc1c5c4c23. The molecule has 0 unspecified atom stereocenters. The van der Waals surface area contributed by atoms with Crippen LogP contribution >= 0.6 is 0 Å². The van der Waals surface area contributed by atoms with Gasteiger partial charge < -0.3 is 0 Å². The molecular weight excluding hydrogens is 865 g/mol. The van der Waals surface area contributed by atoms with Crippen molar-refractivity contribution in [2.75, 3.05) is 9.80 Å². The second kappa shape index (κ2) is 17.1. The van der Waals surface area contributed by atoms with Gasteiger partial charge in [-0.2, -0.15) is 0 Å².